The van der Waals surface area contributed by atoms with Crippen LogP contribution in [0.25, 0.3) is 0 Å². The van der Waals surface area contributed by atoms with Crippen LogP contribution in [-0.4, -0.2) is 22.2 Å². The van der Waals surface area contributed by atoms with Gasteiger partial charge in [-0.15, -0.1) is 0 Å². The summed E-state index contributed by atoms with van der Waals surface area (Å²) >= 11 is 0. The zero-order chi connectivity index (χ0) is 12.4. The third kappa shape index (κ3) is 2.52. The van der Waals surface area contributed by atoms with Crippen LogP contribution in [0.4, 0.5) is 0 Å². The zero-order valence-corrected chi connectivity index (χ0v) is 9.81. The molecule has 0 heterocycles. The second-order valence-electron chi connectivity index (χ2n) is 4.65. The summed E-state index contributed by atoms with van der Waals surface area (Å²) in [6.45, 7) is 1.97. The summed E-state index contributed by atoms with van der Waals surface area (Å²) in [7, 11) is 0. The Morgan fingerprint density at radius 2 is 2.12 bits per heavy atom. The number of nitrogens with one attached hydrogen (secondary N) is 1. The van der Waals surface area contributed by atoms with Crippen molar-refractivity contribution >= 4 is 5.91 Å². The van der Waals surface area contributed by atoms with Crippen LogP contribution in [0.5, 0.6) is 11.5 Å². The second kappa shape index (κ2) is 4.65. The quantitative estimate of drug-likeness (QED) is 0.702. The molecule has 92 valence electrons. The lowest BCUT2D eigenvalue weighted by molar-refractivity contribution is 0.0906. The molecule has 17 heavy (non-hydrogen) atoms. The molecule has 0 radical (unpaired) electrons. The molecule has 1 aliphatic carbocycles. The molecule has 0 bridgehead atoms. The van der Waals surface area contributed by atoms with E-state index < -0.39 is 0 Å². The van der Waals surface area contributed by atoms with Crippen molar-refractivity contribution in [1.29, 1.82) is 0 Å². The molecule has 1 saturated carbocycles. The van der Waals surface area contributed by atoms with Gasteiger partial charge in [0.1, 0.15) is 11.5 Å². The first kappa shape index (κ1) is 11.8. The summed E-state index contributed by atoms with van der Waals surface area (Å²) in [5.41, 5.74) is 0.121. The zero-order valence-electron chi connectivity index (χ0n) is 9.81. The number of hydrogen-bond donors (Lipinski definition) is 3. The van der Waals surface area contributed by atoms with E-state index in [0.29, 0.717) is 5.92 Å². The highest BCUT2D eigenvalue weighted by atomic mass is 16.3. The van der Waals surface area contributed by atoms with Crippen molar-refractivity contribution in [3.63, 3.8) is 0 Å². The molecule has 0 aromatic heterocycles. The monoisotopic (exact) mass is 235 g/mol. The van der Waals surface area contributed by atoms with Crippen molar-refractivity contribution < 1.29 is 15.0 Å². The van der Waals surface area contributed by atoms with Gasteiger partial charge in [-0.2, -0.15) is 0 Å². The topological polar surface area (TPSA) is 69.6 Å². The molecule has 1 atom stereocenters. The van der Waals surface area contributed by atoms with Crippen LogP contribution in [0, 0.1) is 5.92 Å². The van der Waals surface area contributed by atoms with Gasteiger partial charge in [-0.1, -0.05) is 6.42 Å². The number of carbonyl (C=O) groups is 1. The van der Waals surface area contributed by atoms with Gasteiger partial charge in [-0.05, 0) is 43.9 Å². The van der Waals surface area contributed by atoms with Crippen LogP contribution in [0.3, 0.4) is 0 Å². The fourth-order valence-electron chi connectivity index (χ4n) is 2.05. The smallest absolute Gasteiger partial charge is 0.255 e. The minimum Gasteiger partial charge on any atom is -0.508 e. The number of phenols is 2. The molecule has 3 N–H and O–H groups in total. The number of rotatable bonds is 3. The number of hydrogen-bond acceptors (Lipinski definition) is 3. The predicted octanol–water partition coefficient (Wildman–Crippen LogP) is 2.02. The van der Waals surface area contributed by atoms with Crippen LogP contribution < -0.4 is 5.32 Å². The molecule has 2 rings (SSSR count). The highest BCUT2D eigenvalue weighted by molar-refractivity contribution is 5.97. The number of carbonyl (C=O) groups excluding carboxylic acids is 1. The Bertz CT molecular complexity index is 427. The van der Waals surface area contributed by atoms with Crippen molar-refractivity contribution in [3.8, 4) is 11.5 Å². The molecule has 0 saturated heterocycles. The highest BCUT2D eigenvalue weighted by Gasteiger charge is 2.25. The molecule has 1 unspecified atom stereocenters. The van der Waals surface area contributed by atoms with Crippen LogP contribution >= 0.6 is 0 Å². The minimum atomic E-state index is -0.335. The maximum absolute atomic E-state index is 11.9. The Labute approximate surface area is 100 Å². The average Bonchev–Trinajstić information content (AvgIpc) is 2.18. The molecule has 1 aromatic rings. The molecule has 0 spiro atoms. The first-order valence-electron chi connectivity index (χ1n) is 5.91. The Balaban J connectivity index is 2.05. The SMILES string of the molecule is CC(NC(=O)c1cc(O)ccc1O)C1CCC1. The van der Waals surface area contributed by atoms with Gasteiger partial charge in [-0.25, -0.2) is 0 Å². The van der Waals surface area contributed by atoms with E-state index in [0.717, 1.165) is 12.8 Å². The second-order valence-corrected chi connectivity index (χ2v) is 4.65. The molecule has 1 aromatic carbocycles. The standard InChI is InChI=1S/C13H17NO3/c1-8(9-3-2-4-9)14-13(17)11-7-10(15)5-6-12(11)16/h5-9,15-16H,2-4H2,1H3,(H,14,17). The van der Waals surface area contributed by atoms with Crippen LogP contribution in [-0.2, 0) is 0 Å². The van der Waals surface area contributed by atoms with E-state index in [2.05, 4.69) is 5.32 Å². The molecule has 4 heteroatoms. The van der Waals surface area contributed by atoms with Crippen molar-refractivity contribution in [2.24, 2.45) is 5.92 Å². The lowest BCUT2D eigenvalue weighted by atomic mass is 9.80. The molecular formula is C13H17NO3. The van der Waals surface area contributed by atoms with Crippen LogP contribution in [0.1, 0.15) is 36.5 Å². The summed E-state index contributed by atoms with van der Waals surface area (Å²) in [6.07, 6.45) is 3.52. The summed E-state index contributed by atoms with van der Waals surface area (Å²) in [6, 6.07) is 4.05. The fourth-order valence-corrected chi connectivity index (χ4v) is 2.05. The fraction of sp³-hybridized carbons (Fsp3) is 0.462. The molecule has 4 nitrogen and oxygen atoms in total. The van der Waals surface area contributed by atoms with Gasteiger partial charge in [0, 0.05) is 6.04 Å². The first-order valence-corrected chi connectivity index (χ1v) is 5.91. The molecule has 1 fully saturated rings. The van der Waals surface area contributed by atoms with Crippen molar-refractivity contribution in [3.05, 3.63) is 23.8 Å². The van der Waals surface area contributed by atoms with Crippen LogP contribution in [0.2, 0.25) is 0 Å². The highest BCUT2D eigenvalue weighted by Crippen LogP contribution is 2.30. The Kier molecular flexibility index (Phi) is 3.22. The number of amides is 1. The van der Waals surface area contributed by atoms with E-state index >= 15 is 0 Å². The summed E-state index contributed by atoms with van der Waals surface area (Å²) in [4.78, 5) is 11.9. The number of benzene rings is 1. The Morgan fingerprint density at radius 3 is 2.71 bits per heavy atom. The number of phenolic OH excluding ortho intramolecular Hbond substituents is 2. The lowest BCUT2D eigenvalue weighted by Crippen LogP contribution is -2.40. The minimum absolute atomic E-state index is 0.0238. The Morgan fingerprint density at radius 1 is 1.41 bits per heavy atom. The van der Waals surface area contributed by atoms with Crippen molar-refractivity contribution in [2.45, 2.75) is 32.2 Å². The first-order chi connectivity index (χ1) is 8.08. The van der Waals surface area contributed by atoms with Gasteiger partial charge in [0.05, 0.1) is 5.56 Å². The van der Waals surface area contributed by atoms with Gasteiger partial charge < -0.3 is 15.5 Å². The van der Waals surface area contributed by atoms with E-state index in [1.807, 2.05) is 6.92 Å². The largest absolute Gasteiger partial charge is 0.508 e. The lowest BCUT2D eigenvalue weighted by Gasteiger charge is -2.31. The molecule has 1 amide bonds. The third-order valence-corrected chi connectivity index (χ3v) is 3.44. The van der Waals surface area contributed by atoms with Crippen LogP contribution in [0.15, 0.2) is 18.2 Å². The molecule has 1 aliphatic rings. The van der Waals surface area contributed by atoms with E-state index in [-0.39, 0.29) is 29.0 Å². The maximum atomic E-state index is 11.9. The van der Waals surface area contributed by atoms with Crippen molar-refractivity contribution in [1.82, 2.24) is 5.32 Å². The van der Waals surface area contributed by atoms with E-state index in [1.54, 1.807) is 0 Å². The van der Waals surface area contributed by atoms with Gasteiger partial charge in [0.2, 0.25) is 0 Å². The summed E-state index contributed by atoms with van der Waals surface area (Å²) in [5, 5.41) is 21.7. The number of aromatic hydroxyl groups is 2. The van der Waals surface area contributed by atoms with Crippen molar-refractivity contribution in [2.75, 3.05) is 0 Å². The molecular weight excluding hydrogens is 218 g/mol. The van der Waals surface area contributed by atoms with Gasteiger partial charge in [0.15, 0.2) is 0 Å². The van der Waals surface area contributed by atoms with E-state index in [4.69, 9.17) is 0 Å². The predicted molar refractivity (Wildman–Crippen MR) is 64.0 cm³/mol. The van der Waals surface area contributed by atoms with E-state index in [1.165, 1.54) is 24.6 Å². The molecule has 0 aliphatic heterocycles. The normalized spacial score (nSPS) is 17.2. The maximum Gasteiger partial charge on any atom is 0.255 e. The van der Waals surface area contributed by atoms with Gasteiger partial charge in [0.25, 0.3) is 5.91 Å². The van der Waals surface area contributed by atoms with Gasteiger partial charge >= 0.3 is 0 Å². The van der Waals surface area contributed by atoms with E-state index in [9.17, 15) is 15.0 Å². The Hall–Kier alpha value is -1.71. The summed E-state index contributed by atoms with van der Waals surface area (Å²) in [5.74, 6) is 0.0709. The third-order valence-electron chi connectivity index (χ3n) is 3.44. The summed E-state index contributed by atoms with van der Waals surface area (Å²) < 4.78 is 0. The average molecular weight is 235 g/mol. The van der Waals surface area contributed by atoms with Gasteiger partial charge in [-0.3, -0.25) is 4.79 Å².